The van der Waals surface area contributed by atoms with Gasteiger partial charge in [-0.15, -0.1) is 24.0 Å². The standard InChI is InChI=1S/C20H25F2N5O3.HI/c1-3-24-20(26-10-9-25-18(28)14-5-4-8-23-12-14)27-13-15-11-16(29-2)6-7-17(15)30-19(21)22;/h4-8,11-12,19H,3,9-10,13H2,1-2H3,(H,25,28)(H2,24,26,27);1H. The first-order valence-electron chi connectivity index (χ1n) is 9.35. The molecule has 11 heteroatoms. The lowest BCUT2D eigenvalue weighted by molar-refractivity contribution is -0.0504. The Labute approximate surface area is 196 Å². The fourth-order valence-corrected chi connectivity index (χ4v) is 2.48. The van der Waals surface area contributed by atoms with Crippen molar-refractivity contribution in [3.63, 3.8) is 0 Å². The molecule has 170 valence electrons. The monoisotopic (exact) mass is 549 g/mol. The number of nitrogens with one attached hydrogen (secondary N) is 3. The second-order valence-electron chi connectivity index (χ2n) is 5.97. The van der Waals surface area contributed by atoms with Gasteiger partial charge in [-0.05, 0) is 37.3 Å². The fraction of sp³-hybridized carbons (Fsp3) is 0.350. The summed E-state index contributed by atoms with van der Waals surface area (Å²) in [4.78, 5) is 20.3. The van der Waals surface area contributed by atoms with Crippen LogP contribution in [0.1, 0.15) is 22.8 Å². The Bertz CT molecular complexity index is 841. The molecule has 0 bridgehead atoms. The number of rotatable bonds is 10. The molecule has 0 saturated carbocycles. The van der Waals surface area contributed by atoms with Gasteiger partial charge >= 0.3 is 6.61 Å². The van der Waals surface area contributed by atoms with Crippen LogP contribution in [0, 0.1) is 0 Å². The lowest BCUT2D eigenvalue weighted by atomic mass is 10.2. The smallest absolute Gasteiger partial charge is 0.387 e. The summed E-state index contributed by atoms with van der Waals surface area (Å²) in [6.07, 6.45) is 3.08. The quantitative estimate of drug-likeness (QED) is 0.183. The molecule has 0 saturated heterocycles. The van der Waals surface area contributed by atoms with E-state index in [0.29, 0.717) is 42.5 Å². The van der Waals surface area contributed by atoms with E-state index in [1.807, 2.05) is 6.92 Å². The van der Waals surface area contributed by atoms with Gasteiger partial charge in [0.05, 0.1) is 19.2 Å². The summed E-state index contributed by atoms with van der Waals surface area (Å²) < 4.78 is 35.0. The molecule has 1 heterocycles. The molecule has 31 heavy (non-hydrogen) atoms. The van der Waals surface area contributed by atoms with Crippen molar-refractivity contribution in [2.75, 3.05) is 26.7 Å². The normalized spacial score (nSPS) is 10.8. The number of nitrogens with zero attached hydrogens (tertiary/aromatic N) is 2. The zero-order valence-corrected chi connectivity index (χ0v) is 19.6. The van der Waals surface area contributed by atoms with Crippen LogP contribution in [0.15, 0.2) is 47.7 Å². The van der Waals surface area contributed by atoms with E-state index in [-0.39, 0.29) is 42.2 Å². The summed E-state index contributed by atoms with van der Waals surface area (Å²) in [5.74, 6) is 0.794. The second kappa shape index (κ2) is 14.3. The molecule has 0 aliphatic carbocycles. The minimum absolute atomic E-state index is 0. The van der Waals surface area contributed by atoms with Crippen LogP contribution >= 0.6 is 24.0 Å². The van der Waals surface area contributed by atoms with E-state index in [0.717, 1.165) is 0 Å². The number of carbonyl (C=O) groups excluding carboxylic acids is 1. The topological polar surface area (TPSA) is 96.9 Å². The summed E-state index contributed by atoms with van der Waals surface area (Å²) in [6, 6.07) is 7.92. The molecule has 0 spiro atoms. The minimum atomic E-state index is -2.93. The molecule has 8 nitrogen and oxygen atoms in total. The second-order valence-corrected chi connectivity index (χ2v) is 5.97. The fourth-order valence-electron chi connectivity index (χ4n) is 2.48. The molecule has 0 aliphatic rings. The van der Waals surface area contributed by atoms with Gasteiger partial charge < -0.3 is 25.4 Å². The molecule has 2 rings (SSSR count). The van der Waals surface area contributed by atoms with Crippen molar-refractivity contribution in [3.8, 4) is 11.5 Å². The van der Waals surface area contributed by atoms with Crippen LogP contribution in [0.5, 0.6) is 11.5 Å². The molecule has 1 aromatic carbocycles. The molecule has 0 radical (unpaired) electrons. The Kier molecular flexibility index (Phi) is 12.2. The molecular weight excluding hydrogens is 523 g/mol. The average Bonchev–Trinajstić information content (AvgIpc) is 2.75. The molecular formula is C20H26F2IN5O3. The van der Waals surface area contributed by atoms with Crippen LogP contribution in [0.4, 0.5) is 8.78 Å². The van der Waals surface area contributed by atoms with E-state index in [4.69, 9.17) is 4.74 Å². The first-order chi connectivity index (χ1) is 14.5. The predicted octanol–water partition coefficient (Wildman–Crippen LogP) is 2.79. The number of pyridine rings is 1. The van der Waals surface area contributed by atoms with Crippen LogP contribution < -0.4 is 25.4 Å². The number of hydrogen-bond donors (Lipinski definition) is 3. The maximum atomic E-state index is 12.6. The number of ether oxygens (including phenoxy) is 2. The highest BCUT2D eigenvalue weighted by Crippen LogP contribution is 2.26. The van der Waals surface area contributed by atoms with E-state index < -0.39 is 6.61 Å². The number of guanidine groups is 1. The van der Waals surface area contributed by atoms with E-state index in [9.17, 15) is 13.6 Å². The number of methoxy groups -OCH3 is 1. The van der Waals surface area contributed by atoms with Crippen molar-refractivity contribution in [1.29, 1.82) is 0 Å². The SMILES string of the molecule is CCNC(=NCc1cc(OC)ccc1OC(F)F)NCCNC(=O)c1cccnc1.I. The minimum Gasteiger partial charge on any atom is -0.497 e. The van der Waals surface area contributed by atoms with E-state index in [1.165, 1.54) is 19.4 Å². The summed E-state index contributed by atoms with van der Waals surface area (Å²) in [7, 11) is 1.49. The molecule has 1 aromatic heterocycles. The Morgan fingerprint density at radius 2 is 1.97 bits per heavy atom. The highest BCUT2D eigenvalue weighted by atomic mass is 127. The van der Waals surface area contributed by atoms with Crippen molar-refractivity contribution in [3.05, 3.63) is 53.9 Å². The maximum Gasteiger partial charge on any atom is 0.387 e. The zero-order valence-electron chi connectivity index (χ0n) is 17.2. The molecule has 0 fully saturated rings. The molecule has 0 aliphatic heterocycles. The van der Waals surface area contributed by atoms with Gasteiger partial charge in [-0.2, -0.15) is 8.78 Å². The Balaban J connectivity index is 0.00000480. The number of aliphatic imine (C=N–C) groups is 1. The number of benzene rings is 1. The largest absolute Gasteiger partial charge is 0.497 e. The molecule has 2 aromatic rings. The highest BCUT2D eigenvalue weighted by molar-refractivity contribution is 14.0. The van der Waals surface area contributed by atoms with Gasteiger partial charge in [0.1, 0.15) is 11.5 Å². The lowest BCUT2D eigenvalue weighted by Gasteiger charge is -2.14. The number of amides is 1. The van der Waals surface area contributed by atoms with Crippen LogP contribution in [0.25, 0.3) is 0 Å². The Morgan fingerprint density at radius 1 is 1.19 bits per heavy atom. The van der Waals surface area contributed by atoms with Crippen molar-refractivity contribution in [2.45, 2.75) is 20.1 Å². The van der Waals surface area contributed by atoms with E-state index in [2.05, 4.69) is 30.7 Å². The number of carbonyl (C=O) groups is 1. The van der Waals surface area contributed by atoms with Crippen molar-refractivity contribution < 1.29 is 23.0 Å². The van der Waals surface area contributed by atoms with Crippen LogP contribution in [0.2, 0.25) is 0 Å². The van der Waals surface area contributed by atoms with E-state index >= 15 is 0 Å². The summed E-state index contributed by atoms with van der Waals surface area (Å²) >= 11 is 0. The van der Waals surface area contributed by atoms with Gasteiger partial charge in [-0.25, -0.2) is 4.99 Å². The summed E-state index contributed by atoms with van der Waals surface area (Å²) in [5, 5.41) is 8.90. The van der Waals surface area contributed by atoms with Crippen LogP contribution in [-0.2, 0) is 6.54 Å². The van der Waals surface area contributed by atoms with Gasteiger partial charge in [0.2, 0.25) is 0 Å². The van der Waals surface area contributed by atoms with Gasteiger partial charge in [0, 0.05) is 37.6 Å². The first-order valence-corrected chi connectivity index (χ1v) is 9.35. The van der Waals surface area contributed by atoms with Crippen molar-refractivity contribution in [2.24, 2.45) is 4.99 Å². The number of hydrogen-bond acceptors (Lipinski definition) is 5. The van der Waals surface area contributed by atoms with Crippen LogP contribution in [0.3, 0.4) is 0 Å². The third-order valence-corrected chi connectivity index (χ3v) is 3.86. The molecule has 3 N–H and O–H groups in total. The zero-order chi connectivity index (χ0) is 21.8. The first kappa shape index (κ1) is 26.3. The van der Waals surface area contributed by atoms with Gasteiger partial charge in [0.15, 0.2) is 5.96 Å². The lowest BCUT2D eigenvalue weighted by Crippen LogP contribution is -2.41. The van der Waals surface area contributed by atoms with Gasteiger partial charge in [-0.3, -0.25) is 9.78 Å². The number of halogens is 3. The number of alkyl halides is 2. The van der Waals surface area contributed by atoms with Crippen molar-refractivity contribution in [1.82, 2.24) is 20.9 Å². The maximum absolute atomic E-state index is 12.6. The molecule has 0 unspecified atom stereocenters. The third-order valence-electron chi connectivity index (χ3n) is 3.86. The third kappa shape index (κ3) is 9.32. The Morgan fingerprint density at radius 3 is 2.61 bits per heavy atom. The molecule has 1 amide bonds. The summed E-state index contributed by atoms with van der Waals surface area (Å²) in [6.45, 7) is 0.435. The van der Waals surface area contributed by atoms with Crippen LogP contribution in [-0.4, -0.2) is 50.2 Å². The van der Waals surface area contributed by atoms with Gasteiger partial charge in [-0.1, -0.05) is 0 Å². The predicted molar refractivity (Wildman–Crippen MR) is 124 cm³/mol. The Hall–Kier alpha value is -2.70. The van der Waals surface area contributed by atoms with Crippen molar-refractivity contribution >= 4 is 35.8 Å². The summed E-state index contributed by atoms with van der Waals surface area (Å²) in [5.41, 5.74) is 0.930. The van der Waals surface area contributed by atoms with E-state index in [1.54, 1.807) is 30.5 Å². The molecule has 0 atom stereocenters. The van der Waals surface area contributed by atoms with Gasteiger partial charge in [0.25, 0.3) is 5.91 Å². The number of aromatic nitrogens is 1. The highest BCUT2D eigenvalue weighted by Gasteiger charge is 2.11. The average molecular weight is 549 g/mol.